The van der Waals surface area contributed by atoms with Crippen LogP contribution < -0.4 is 5.56 Å². The smallest absolute Gasteiger partial charge is 0.262 e. The van der Waals surface area contributed by atoms with E-state index >= 15 is 0 Å². The maximum Gasteiger partial charge on any atom is 0.262 e. The van der Waals surface area contributed by atoms with Crippen LogP contribution in [0.15, 0.2) is 65.7 Å². The molecule has 1 amide bonds. The molecule has 2 aromatic carbocycles. The van der Waals surface area contributed by atoms with Crippen molar-refractivity contribution in [3.63, 3.8) is 0 Å². The molecular weight excluding hydrogens is 478 g/mol. The van der Waals surface area contributed by atoms with E-state index in [9.17, 15) is 23.5 Å². The van der Waals surface area contributed by atoms with Gasteiger partial charge in [-0.15, -0.1) is 0 Å². The molecule has 2 aromatic heterocycles. The van der Waals surface area contributed by atoms with Crippen molar-refractivity contribution in [2.45, 2.75) is 25.0 Å². The van der Waals surface area contributed by atoms with E-state index in [1.165, 1.54) is 21.9 Å². The van der Waals surface area contributed by atoms with Crippen LogP contribution in [0.1, 0.15) is 23.2 Å². The average molecular weight is 499 g/mol. The first-order valence-electron chi connectivity index (χ1n) is 11.0. The molecule has 7 nitrogen and oxygen atoms in total. The highest BCUT2D eigenvalue weighted by Gasteiger charge is 2.35. The maximum absolute atomic E-state index is 13.5. The summed E-state index contributed by atoms with van der Waals surface area (Å²) in [4.78, 5) is 31.7. The lowest BCUT2D eigenvalue weighted by molar-refractivity contribution is -0.0299. The van der Waals surface area contributed by atoms with Gasteiger partial charge in [-0.1, -0.05) is 29.8 Å². The van der Waals surface area contributed by atoms with E-state index in [1.807, 2.05) is 30.3 Å². The van der Waals surface area contributed by atoms with Crippen molar-refractivity contribution in [2.75, 3.05) is 13.1 Å². The zero-order valence-electron chi connectivity index (χ0n) is 18.5. The van der Waals surface area contributed by atoms with Gasteiger partial charge in [0, 0.05) is 24.3 Å². The van der Waals surface area contributed by atoms with Gasteiger partial charge in [0.05, 0.1) is 17.5 Å². The van der Waals surface area contributed by atoms with Gasteiger partial charge in [-0.25, -0.2) is 13.8 Å². The van der Waals surface area contributed by atoms with Gasteiger partial charge in [0.2, 0.25) is 0 Å². The third-order valence-corrected chi connectivity index (χ3v) is 6.65. The zero-order chi connectivity index (χ0) is 24.7. The number of benzene rings is 2. The molecule has 10 heteroatoms. The largest absolute Gasteiger partial charge is 0.388 e. The predicted molar refractivity (Wildman–Crippen MR) is 127 cm³/mol. The van der Waals surface area contributed by atoms with Crippen molar-refractivity contribution in [1.29, 1.82) is 0 Å². The normalized spacial score (nSPS) is 15.5. The number of aromatic nitrogens is 3. The molecule has 180 valence electrons. The molecule has 5 rings (SSSR count). The predicted octanol–water partition coefficient (Wildman–Crippen LogP) is 3.79. The molecule has 4 aromatic rings. The molecule has 1 aliphatic rings. The quantitative estimate of drug-likeness (QED) is 0.464. The van der Waals surface area contributed by atoms with Gasteiger partial charge in [-0.05, 0) is 49.2 Å². The summed E-state index contributed by atoms with van der Waals surface area (Å²) in [5.41, 5.74) is -0.342. The summed E-state index contributed by atoms with van der Waals surface area (Å²) in [5.74, 6) is -2.55. The molecule has 1 aliphatic heterocycles. The number of carbonyl (C=O) groups excluding carboxylic acids is 1. The fraction of sp³-hybridized carbons (Fsp3) is 0.240. The highest BCUT2D eigenvalue weighted by molar-refractivity contribution is 6.31. The summed E-state index contributed by atoms with van der Waals surface area (Å²) in [7, 11) is 0. The van der Waals surface area contributed by atoms with E-state index in [-0.39, 0.29) is 43.6 Å². The molecule has 35 heavy (non-hydrogen) atoms. The first kappa shape index (κ1) is 23.2. The second-order valence-corrected chi connectivity index (χ2v) is 9.09. The van der Waals surface area contributed by atoms with E-state index in [4.69, 9.17) is 11.6 Å². The molecule has 0 aliphatic carbocycles. The van der Waals surface area contributed by atoms with Gasteiger partial charge >= 0.3 is 0 Å². The number of fused-ring (bicyclic) bond motifs is 1. The second-order valence-electron chi connectivity index (χ2n) is 8.70. The summed E-state index contributed by atoms with van der Waals surface area (Å²) in [5, 5.41) is 11.8. The molecule has 1 saturated heterocycles. The van der Waals surface area contributed by atoms with Crippen molar-refractivity contribution < 1.29 is 18.7 Å². The number of hydrogen-bond acceptors (Lipinski definition) is 4. The van der Waals surface area contributed by atoms with Gasteiger partial charge in [0.1, 0.15) is 11.5 Å². The van der Waals surface area contributed by atoms with E-state index in [2.05, 4.69) is 4.98 Å². The van der Waals surface area contributed by atoms with Crippen LogP contribution in [-0.2, 0) is 6.54 Å². The summed E-state index contributed by atoms with van der Waals surface area (Å²) in [6, 6.07) is 13.9. The Kier molecular flexibility index (Phi) is 5.90. The lowest BCUT2D eigenvalue weighted by Gasteiger charge is -2.38. The molecule has 0 saturated carbocycles. The first-order valence-corrected chi connectivity index (χ1v) is 11.4. The fourth-order valence-corrected chi connectivity index (χ4v) is 4.72. The van der Waals surface area contributed by atoms with Crippen LogP contribution in [-0.4, -0.2) is 48.7 Å². The summed E-state index contributed by atoms with van der Waals surface area (Å²) >= 11 is 6.40. The van der Waals surface area contributed by atoms with Crippen molar-refractivity contribution >= 4 is 28.5 Å². The summed E-state index contributed by atoms with van der Waals surface area (Å²) < 4.78 is 29.7. The molecule has 3 heterocycles. The number of rotatable bonds is 4. The van der Waals surface area contributed by atoms with Crippen LogP contribution in [0.3, 0.4) is 0 Å². The Balaban J connectivity index is 1.34. The topological polar surface area (TPSA) is 80.4 Å². The minimum atomic E-state index is -1.24. The summed E-state index contributed by atoms with van der Waals surface area (Å²) in [6.07, 6.45) is 1.80. The second kappa shape index (κ2) is 8.90. The number of halogens is 3. The highest BCUT2D eigenvalue weighted by Crippen LogP contribution is 2.27. The number of para-hydroxylation sites is 1. The van der Waals surface area contributed by atoms with Crippen molar-refractivity contribution in [3.05, 3.63) is 93.6 Å². The van der Waals surface area contributed by atoms with Crippen LogP contribution in [0.25, 0.3) is 16.7 Å². The van der Waals surface area contributed by atoms with Crippen LogP contribution in [0.4, 0.5) is 8.78 Å². The number of piperidine rings is 1. The Labute approximate surface area is 203 Å². The third-order valence-electron chi connectivity index (χ3n) is 6.37. The lowest BCUT2D eigenvalue weighted by atomic mass is 9.91. The molecule has 0 bridgehead atoms. The molecule has 0 radical (unpaired) electrons. The van der Waals surface area contributed by atoms with Gasteiger partial charge in [-0.3, -0.25) is 18.7 Å². The lowest BCUT2D eigenvalue weighted by Crippen LogP contribution is -2.49. The van der Waals surface area contributed by atoms with Gasteiger partial charge in [-0.2, -0.15) is 0 Å². The number of carbonyl (C=O) groups is 1. The molecule has 1 fully saturated rings. The van der Waals surface area contributed by atoms with Gasteiger partial charge in [0.25, 0.3) is 11.5 Å². The monoisotopic (exact) mass is 498 g/mol. The zero-order valence-corrected chi connectivity index (χ0v) is 19.3. The standard InChI is InChI=1S/C25H21ClF2N4O3/c26-21-13-18-22(32(21)17-4-2-1-3-5-17)29-15-31(24(18)34)14-25(35)8-10-30(11-9-25)23(33)16-6-7-19(27)20(28)12-16/h1-7,12-13,15,35H,8-11,14H2. The highest BCUT2D eigenvalue weighted by atomic mass is 35.5. The molecule has 0 atom stereocenters. The molecular formula is C25H21ClF2N4O3. The number of nitrogens with zero attached hydrogens (tertiary/aromatic N) is 4. The number of likely N-dealkylation sites (tertiary alicyclic amines) is 1. The van der Waals surface area contributed by atoms with Gasteiger partial charge in [0.15, 0.2) is 17.3 Å². The van der Waals surface area contributed by atoms with Gasteiger partial charge < -0.3 is 10.0 Å². The van der Waals surface area contributed by atoms with Crippen molar-refractivity contribution in [3.8, 4) is 5.69 Å². The minimum Gasteiger partial charge on any atom is -0.388 e. The van der Waals surface area contributed by atoms with E-state index in [0.29, 0.717) is 16.2 Å². The summed E-state index contributed by atoms with van der Waals surface area (Å²) in [6.45, 7) is 0.403. The number of amides is 1. The first-order chi connectivity index (χ1) is 16.8. The Hall–Kier alpha value is -3.56. The van der Waals surface area contributed by atoms with Crippen LogP contribution in [0.5, 0.6) is 0 Å². The average Bonchev–Trinajstić information content (AvgIpc) is 3.20. The Morgan fingerprint density at radius 1 is 1.06 bits per heavy atom. The van der Waals surface area contributed by atoms with Crippen molar-refractivity contribution in [2.24, 2.45) is 0 Å². The molecule has 0 spiro atoms. The Morgan fingerprint density at radius 3 is 2.46 bits per heavy atom. The Bertz CT molecular complexity index is 1480. The third kappa shape index (κ3) is 4.33. The maximum atomic E-state index is 13.5. The fourth-order valence-electron chi connectivity index (χ4n) is 4.43. The van der Waals surface area contributed by atoms with E-state index in [0.717, 1.165) is 17.8 Å². The van der Waals surface area contributed by atoms with E-state index in [1.54, 1.807) is 10.6 Å². The minimum absolute atomic E-state index is 0.00385. The molecule has 0 unspecified atom stereocenters. The SMILES string of the molecule is O=C(c1ccc(F)c(F)c1)N1CCC(O)(Cn2cnc3c(cc(Cl)n3-c3ccccc3)c2=O)CC1. The number of hydrogen-bond donors (Lipinski definition) is 1. The molecule has 1 N–H and O–H groups in total. The van der Waals surface area contributed by atoms with Crippen LogP contribution >= 0.6 is 11.6 Å². The van der Waals surface area contributed by atoms with E-state index < -0.39 is 23.1 Å². The van der Waals surface area contributed by atoms with Crippen molar-refractivity contribution in [1.82, 2.24) is 19.0 Å². The van der Waals surface area contributed by atoms with Crippen LogP contribution in [0.2, 0.25) is 5.15 Å². The Morgan fingerprint density at radius 2 is 1.77 bits per heavy atom. The number of aliphatic hydroxyl groups is 1. The van der Waals surface area contributed by atoms with Crippen LogP contribution in [0, 0.1) is 11.6 Å².